The van der Waals surface area contributed by atoms with Crippen LogP contribution in [0.5, 0.6) is 0 Å². The molecule has 18 heavy (non-hydrogen) atoms. The van der Waals surface area contributed by atoms with Crippen molar-refractivity contribution in [1.82, 2.24) is 0 Å². The quantitative estimate of drug-likeness (QED) is 0.211. The van der Waals surface area contributed by atoms with Gasteiger partial charge in [0.15, 0.2) is 0 Å². The number of halogens is 1. The first-order valence-electron chi connectivity index (χ1n) is 2.36. The maximum atomic E-state index is 8.53. The monoisotopic (exact) mass is 783 g/mol. The predicted octanol–water partition coefficient (Wildman–Crippen LogP) is -10.9. The van der Waals surface area contributed by atoms with Gasteiger partial charge in [0.1, 0.15) is 0 Å². The van der Waals surface area contributed by atoms with Gasteiger partial charge >= 0.3 is 144 Å². The number of hydrogen-bond acceptors (Lipinski definition) is 10. The third kappa shape index (κ3) is 2150. The fourth-order valence-electron chi connectivity index (χ4n) is 0. The molecule has 0 saturated carbocycles. The average Bonchev–Trinajstić information content (AvgIpc) is 2.09. The van der Waals surface area contributed by atoms with Crippen molar-refractivity contribution in [3.63, 3.8) is 0 Å². The summed E-state index contributed by atoms with van der Waals surface area (Å²) < 4.78 is 85.3. The second kappa shape index (κ2) is 134. The summed E-state index contributed by atoms with van der Waals surface area (Å²) in [6, 6.07) is 0. The van der Waals surface area contributed by atoms with Crippen molar-refractivity contribution >= 4 is 105 Å². The molecule has 0 fully saturated rings. The van der Waals surface area contributed by atoms with Gasteiger partial charge in [-0.25, -0.2) is 0 Å². The van der Waals surface area contributed by atoms with Gasteiger partial charge in [-0.1, -0.05) is 0 Å². The standard InChI is InChI=1S/Bi.F.5GeHO2.H4O/c;;5*2-1-3;/h;;5*1H;1H4/q+3;;5*-1;+2. The van der Waals surface area contributed by atoms with Gasteiger partial charge in [0.25, 0.3) is 0 Å². The van der Waals surface area contributed by atoms with E-state index in [1.807, 2.05) is 0 Å². The van der Waals surface area contributed by atoms with Gasteiger partial charge in [0, 0.05) is 4.70 Å². The van der Waals surface area contributed by atoms with Gasteiger partial charge in [0.2, 0.25) is 0 Å². The van der Waals surface area contributed by atoms with Crippen LogP contribution in [-0.2, 0) is 24.4 Å². The molecular weight excluding hydrogens is 767 g/mol. The summed E-state index contributed by atoms with van der Waals surface area (Å²) in [6.45, 7) is 0. The Balaban J connectivity index is -0.0000000111. The van der Waals surface area contributed by atoms with E-state index in [1.165, 1.54) is 0 Å². The third-order valence-corrected chi connectivity index (χ3v) is 0. The van der Waals surface area contributed by atoms with Crippen molar-refractivity contribution < 1.29 is 49.7 Å². The Bertz CT molecular complexity index is 97.8. The first-order valence-corrected chi connectivity index (χ1v) is 12.2. The Labute approximate surface area is 152 Å². The van der Waals surface area contributed by atoms with E-state index in [0.29, 0.717) is 0 Å². The first kappa shape index (κ1) is 50.5. The van der Waals surface area contributed by atoms with Crippen molar-refractivity contribution in [1.29, 1.82) is 0 Å². The molecule has 0 rings (SSSR count). The summed E-state index contributed by atoms with van der Waals surface area (Å²) in [5.74, 6) is 0. The first-order chi connectivity index (χ1) is 7.07. The van der Waals surface area contributed by atoms with E-state index < -0.39 is 78.5 Å². The molecule has 0 aliphatic rings. The Morgan fingerprint density at radius 1 is 0.500 bits per heavy atom. The molecule has 18 heteroatoms. The number of hydrogen-bond donors (Lipinski definition) is 0. The van der Waals surface area contributed by atoms with Crippen LogP contribution in [0.1, 0.15) is 0 Å². The van der Waals surface area contributed by atoms with Crippen LogP contribution in [0.2, 0.25) is 0 Å². The van der Waals surface area contributed by atoms with E-state index in [-0.39, 0.29) is 36.4 Å². The van der Waals surface area contributed by atoms with Gasteiger partial charge in [-0.15, -0.1) is 0 Å². The van der Waals surface area contributed by atoms with Gasteiger partial charge in [-0.2, -0.15) is 0 Å². The van der Waals surface area contributed by atoms with Crippen LogP contribution < -0.4 is 20.7 Å². The molecule has 4 N–H and O–H groups in total. The average molecular weight is 776 g/mol. The normalized spacial score (nSPS) is 3.33. The fraction of sp³-hybridized carbons (Fsp3) is 0. The van der Waals surface area contributed by atoms with Gasteiger partial charge < -0.3 is 5.48 Å². The maximum absolute atomic E-state index is 8.53. The minimum atomic E-state index is -2.19. The van der Waals surface area contributed by atoms with E-state index in [2.05, 4.69) is 0 Å². The Morgan fingerprint density at radius 3 is 0.500 bits per heavy atom. The van der Waals surface area contributed by atoms with E-state index in [1.54, 1.807) is 0 Å². The Hall–Kier alpha value is 1.49. The van der Waals surface area contributed by atoms with E-state index in [9.17, 15) is 0 Å². The third-order valence-electron chi connectivity index (χ3n) is 0. The zero-order valence-corrected chi connectivity index (χ0v) is 24.1. The van der Waals surface area contributed by atoms with E-state index >= 15 is 0 Å². The van der Waals surface area contributed by atoms with Crippen LogP contribution in [0.3, 0.4) is 0 Å². The molecule has 0 bridgehead atoms. The number of rotatable bonds is 0. The molecule has 0 aromatic heterocycles. The zero-order valence-electron chi connectivity index (χ0n) is 8.50. The fourth-order valence-corrected chi connectivity index (χ4v) is 0. The van der Waals surface area contributed by atoms with E-state index in [4.69, 9.17) is 39.6 Å². The SMILES string of the molecule is [Bi+3].[F].[OH4+2].[O]=[GeH][O-].[O]=[GeH][O-].[O]=[GeH][O-].[O]=[GeH][O-].[O]=[GeH][O-]. The summed E-state index contributed by atoms with van der Waals surface area (Å²) in [5.41, 5.74) is 0. The minimum absolute atomic E-state index is 0. The molecule has 0 amide bonds. The molecule has 0 unspecified atom stereocenters. The summed E-state index contributed by atoms with van der Waals surface area (Å²) in [7, 11) is 0. The van der Waals surface area contributed by atoms with Crippen LogP contribution >= 0.6 is 0 Å². The molecular formula is H9BiFGe5O11. The second-order valence-electron chi connectivity index (χ2n) is 0.481. The topological polar surface area (TPSA) is 235 Å². The Kier molecular flexibility index (Phi) is 377. The van der Waals surface area contributed by atoms with Crippen LogP contribution in [0, 0.1) is 0 Å². The summed E-state index contributed by atoms with van der Waals surface area (Å²) >= 11 is -10.9. The van der Waals surface area contributed by atoms with Crippen LogP contribution in [-0.4, -0.2) is 105 Å². The molecule has 0 aromatic rings. The van der Waals surface area contributed by atoms with Crippen LogP contribution in [0.15, 0.2) is 0 Å². The molecule has 107 valence electrons. The van der Waals surface area contributed by atoms with Crippen molar-refractivity contribution in [2.45, 2.75) is 0 Å². The van der Waals surface area contributed by atoms with Crippen molar-refractivity contribution in [2.75, 3.05) is 0 Å². The predicted molar refractivity (Wildman–Crippen MR) is 52.3 cm³/mol. The Morgan fingerprint density at radius 2 is 0.500 bits per heavy atom. The van der Waals surface area contributed by atoms with E-state index in [0.717, 1.165) is 0 Å². The molecule has 11 nitrogen and oxygen atoms in total. The van der Waals surface area contributed by atoms with Crippen molar-refractivity contribution in [3.8, 4) is 0 Å². The molecule has 0 aromatic carbocycles. The molecule has 0 heterocycles. The molecule has 3 radical (unpaired) electrons. The molecule has 0 atom stereocenters. The molecule has 0 saturated heterocycles. The zero-order chi connectivity index (χ0) is 13.5. The van der Waals surface area contributed by atoms with Crippen molar-refractivity contribution in [3.05, 3.63) is 0 Å². The molecule has 0 aliphatic carbocycles. The molecule has 0 aliphatic heterocycles. The summed E-state index contributed by atoms with van der Waals surface area (Å²) in [5, 5.41) is 0. The van der Waals surface area contributed by atoms with Crippen LogP contribution in [0.25, 0.3) is 0 Å². The molecule has 0 spiro atoms. The summed E-state index contributed by atoms with van der Waals surface area (Å²) in [4.78, 5) is 0. The van der Waals surface area contributed by atoms with Crippen molar-refractivity contribution in [2.24, 2.45) is 0 Å². The second-order valence-corrected chi connectivity index (χ2v) is 2.50. The van der Waals surface area contributed by atoms with Gasteiger partial charge in [-0.3, -0.25) is 0 Å². The van der Waals surface area contributed by atoms with Gasteiger partial charge in [0.05, 0.1) is 0 Å². The summed E-state index contributed by atoms with van der Waals surface area (Å²) in [6.07, 6.45) is 0. The van der Waals surface area contributed by atoms with Gasteiger partial charge in [-0.05, 0) is 0 Å². The van der Waals surface area contributed by atoms with Crippen LogP contribution in [0.4, 0.5) is 4.70 Å².